The molecule has 0 atom stereocenters. The molecule has 0 radical (unpaired) electrons. The molecule has 16 heavy (non-hydrogen) atoms. The van der Waals surface area contributed by atoms with Crippen molar-refractivity contribution >= 4 is 5.69 Å². The van der Waals surface area contributed by atoms with Crippen LogP contribution in [-0.4, -0.2) is 19.2 Å². The predicted octanol–water partition coefficient (Wildman–Crippen LogP) is 3.13. The average Bonchev–Trinajstić information content (AvgIpc) is 2.29. The third-order valence-electron chi connectivity index (χ3n) is 2.54. The van der Waals surface area contributed by atoms with Gasteiger partial charge < -0.3 is 10.0 Å². The summed E-state index contributed by atoms with van der Waals surface area (Å²) < 4.78 is 0. The van der Waals surface area contributed by atoms with Crippen LogP contribution >= 0.6 is 0 Å². The highest BCUT2D eigenvalue weighted by Gasteiger charge is 2.01. The molecule has 0 unspecified atom stereocenters. The van der Waals surface area contributed by atoms with Gasteiger partial charge in [-0.15, -0.1) is 0 Å². The lowest BCUT2D eigenvalue weighted by atomic mass is 10.0. The van der Waals surface area contributed by atoms with E-state index in [-0.39, 0.29) is 0 Å². The Labute approximate surface area is 95.8 Å². The van der Waals surface area contributed by atoms with E-state index in [9.17, 15) is 5.11 Å². The number of hydrogen-bond donors (Lipinski definition) is 1. The standard InChI is InChI=1S/C14H15NO/c1-15(2)13-7-3-5-11(9-13)12-6-4-8-14(16)10-12/h3-10,16H,1-2H3. The van der Waals surface area contributed by atoms with Gasteiger partial charge in [0.15, 0.2) is 0 Å². The van der Waals surface area contributed by atoms with Gasteiger partial charge in [0.1, 0.15) is 5.75 Å². The molecular weight excluding hydrogens is 198 g/mol. The van der Waals surface area contributed by atoms with Crippen molar-refractivity contribution in [3.8, 4) is 16.9 Å². The van der Waals surface area contributed by atoms with Crippen LogP contribution in [0, 0.1) is 0 Å². The molecule has 0 aromatic heterocycles. The third kappa shape index (κ3) is 2.16. The quantitative estimate of drug-likeness (QED) is 0.828. The molecule has 2 aromatic rings. The Hall–Kier alpha value is -1.96. The van der Waals surface area contributed by atoms with Gasteiger partial charge in [0.2, 0.25) is 0 Å². The molecule has 0 aliphatic carbocycles. The molecule has 2 heteroatoms. The summed E-state index contributed by atoms with van der Waals surface area (Å²) in [5.41, 5.74) is 3.30. The van der Waals surface area contributed by atoms with Gasteiger partial charge in [-0.25, -0.2) is 0 Å². The molecule has 0 aliphatic heterocycles. The maximum atomic E-state index is 9.44. The monoisotopic (exact) mass is 213 g/mol. The normalized spacial score (nSPS) is 10.1. The van der Waals surface area contributed by atoms with E-state index < -0.39 is 0 Å². The minimum atomic E-state index is 0.299. The Bertz CT molecular complexity index is 492. The molecule has 0 spiro atoms. The summed E-state index contributed by atoms with van der Waals surface area (Å²) in [7, 11) is 4.03. The van der Waals surface area contributed by atoms with Crippen LogP contribution in [0.15, 0.2) is 48.5 Å². The molecule has 2 rings (SSSR count). The molecule has 82 valence electrons. The molecule has 1 N–H and O–H groups in total. The molecule has 0 aliphatic rings. The molecular formula is C14H15NO. The highest BCUT2D eigenvalue weighted by atomic mass is 16.3. The van der Waals surface area contributed by atoms with Crippen LogP contribution < -0.4 is 4.90 Å². The van der Waals surface area contributed by atoms with E-state index >= 15 is 0 Å². The van der Waals surface area contributed by atoms with Gasteiger partial charge >= 0.3 is 0 Å². The van der Waals surface area contributed by atoms with Gasteiger partial charge in [-0.1, -0.05) is 24.3 Å². The van der Waals surface area contributed by atoms with Gasteiger partial charge in [-0.3, -0.25) is 0 Å². The first-order chi connectivity index (χ1) is 7.66. The summed E-state index contributed by atoms with van der Waals surface area (Å²) >= 11 is 0. The first-order valence-electron chi connectivity index (χ1n) is 5.23. The Kier molecular flexibility index (Phi) is 2.82. The van der Waals surface area contributed by atoms with Crippen molar-refractivity contribution in [2.75, 3.05) is 19.0 Å². The SMILES string of the molecule is CN(C)c1cccc(-c2cccc(O)c2)c1. The summed E-state index contributed by atoms with van der Waals surface area (Å²) in [4.78, 5) is 2.06. The summed E-state index contributed by atoms with van der Waals surface area (Å²) in [5.74, 6) is 0.299. The molecule has 0 fully saturated rings. The summed E-state index contributed by atoms with van der Waals surface area (Å²) in [6.45, 7) is 0. The van der Waals surface area contributed by atoms with Crippen molar-refractivity contribution in [2.45, 2.75) is 0 Å². The van der Waals surface area contributed by atoms with E-state index in [1.165, 1.54) is 0 Å². The number of aromatic hydroxyl groups is 1. The van der Waals surface area contributed by atoms with E-state index in [0.717, 1.165) is 16.8 Å². The van der Waals surface area contributed by atoms with Crippen LogP contribution in [0.4, 0.5) is 5.69 Å². The van der Waals surface area contributed by atoms with Crippen molar-refractivity contribution < 1.29 is 5.11 Å². The van der Waals surface area contributed by atoms with E-state index in [4.69, 9.17) is 0 Å². The number of nitrogens with zero attached hydrogens (tertiary/aromatic N) is 1. The molecule has 0 amide bonds. The summed E-state index contributed by atoms with van der Waals surface area (Å²) in [6.07, 6.45) is 0. The van der Waals surface area contributed by atoms with Crippen molar-refractivity contribution in [3.63, 3.8) is 0 Å². The zero-order valence-electron chi connectivity index (χ0n) is 9.51. The first-order valence-corrected chi connectivity index (χ1v) is 5.23. The number of phenolic OH excluding ortho intramolecular Hbond substituents is 1. The number of benzene rings is 2. The number of phenols is 1. The van der Waals surface area contributed by atoms with Gasteiger partial charge in [0, 0.05) is 19.8 Å². The second-order valence-electron chi connectivity index (χ2n) is 4.00. The zero-order chi connectivity index (χ0) is 11.5. The zero-order valence-corrected chi connectivity index (χ0v) is 9.51. The fourth-order valence-corrected chi connectivity index (χ4v) is 1.65. The lowest BCUT2D eigenvalue weighted by molar-refractivity contribution is 0.475. The maximum Gasteiger partial charge on any atom is 0.116 e. The lowest BCUT2D eigenvalue weighted by Gasteiger charge is -2.13. The Morgan fingerprint density at radius 3 is 2.12 bits per heavy atom. The van der Waals surface area contributed by atoms with E-state index in [1.54, 1.807) is 12.1 Å². The number of hydrogen-bond acceptors (Lipinski definition) is 2. The topological polar surface area (TPSA) is 23.5 Å². The minimum Gasteiger partial charge on any atom is -0.508 e. The van der Waals surface area contributed by atoms with E-state index in [2.05, 4.69) is 17.0 Å². The molecule has 2 nitrogen and oxygen atoms in total. The lowest BCUT2D eigenvalue weighted by Crippen LogP contribution is -2.08. The van der Waals surface area contributed by atoms with Crippen LogP contribution in [0.1, 0.15) is 0 Å². The number of anilines is 1. The Morgan fingerprint density at radius 2 is 1.50 bits per heavy atom. The highest BCUT2D eigenvalue weighted by molar-refractivity contribution is 5.69. The van der Waals surface area contributed by atoms with Crippen molar-refractivity contribution in [3.05, 3.63) is 48.5 Å². The third-order valence-corrected chi connectivity index (χ3v) is 2.54. The second-order valence-corrected chi connectivity index (χ2v) is 4.00. The second kappa shape index (κ2) is 4.27. The van der Waals surface area contributed by atoms with Crippen LogP contribution in [0.2, 0.25) is 0 Å². The average molecular weight is 213 g/mol. The van der Waals surface area contributed by atoms with Crippen LogP contribution in [0.3, 0.4) is 0 Å². The molecule has 0 saturated carbocycles. The van der Waals surface area contributed by atoms with Crippen LogP contribution in [0.25, 0.3) is 11.1 Å². The Balaban J connectivity index is 2.44. The molecule has 0 bridgehead atoms. The van der Waals surface area contributed by atoms with Gasteiger partial charge in [0.25, 0.3) is 0 Å². The Morgan fingerprint density at radius 1 is 0.875 bits per heavy atom. The van der Waals surface area contributed by atoms with Crippen molar-refractivity contribution in [2.24, 2.45) is 0 Å². The van der Waals surface area contributed by atoms with Crippen LogP contribution in [0.5, 0.6) is 5.75 Å². The molecule has 2 aromatic carbocycles. The van der Waals surface area contributed by atoms with Crippen molar-refractivity contribution in [1.82, 2.24) is 0 Å². The first kappa shape index (κ1) is 10.6. The van der Waals surface area contributed by atoms with Gasteiger partial charge in [-0.2, -0.15) is 0 Å². The largest absolute Gasteiger partial charge is 0.508 e. The van der Waals surface area contributed by atoms with E-state index in [1.807, 2.05) is 38.4 Å². The molecule has 0 heterocycles. The maximum absolute atomic E-state index is 9.44. The summed E-state index contributed by atoms with van der Waals surface area (Å²) in [5, 5.41) is 9.44. The van der Waals surface area contributed by atoms with E-state index in [0.29, 0.717) is 5.75 Å². The number of rotatable bonds is 2. The fourth-order valence-electron chi connectivity index (χ4n) is 1.65. The fraction of sp³-hybridized carbons (Fsp3) is 0.143. The van der Waals surface area contributed by atoms with Crippen molar-refractivity contribution in [1.29, 1.82) is 0 Å². The summed E-state index contributed by atoms with van der Waals surface area (Å²) in [6, 6.07) is 15.5. The van der Waals surface area contributed by atoms with Gasteiger partial charge in [0.05, 0.1) is 0 Å². The van der Waals surface area contributed by atoms with Gasteiger partial charge in [-0.05, 0) is 35.4 Å². The van der Waals surface area contributed by atoms with Crippen LogP contribution in [-0.2, 0) is 0 Å². The predicted molar refractivity (Wildman–Crippen MR) is 67.9 cm³/mol. The highest BCUT2D eigenvalue weighted by Crippen LogP contribution is 2.26. The molecule has 0 saturated heterocycles. The minimum absolute atomic E-state index is 0.299. The smallest absolute Gasteiger partial charge is 0.116 e.